The van der Waals surface area contributed by atoms with Gasteiger partial charge in [-0.3, -0.25) is 4.79 Å². The molecule has 11 heteroatoms. The van der Waals surface area contributed by atoms with Crippen molar-refractivity contribution in [1.29, 1.82) is 0 Å². The number of allylic oxidation sites excluding steroid dienone is 4. The summed E-state index contributed by atoms with van der Waals surface area (Å²) in [5.41, 5.74) is 0. The lowest BCUT2D eigenvalue weighted by Gasteiger charge is -2.40. The summed E-state index contributed by atoms with van der Waals surface area (Å²) >= 11 is 0. The van der Waals surface area contributed by atoms with Crippen LogP contribution < -0.4 is 5.32 Å². The fraction of sp³-hybridized carbons (Fsp3) is 0.918. The van der Waals surface area contributed by atoms with Gasteiger partial charge in [-0.15, -0.1) is 0 Å². The predicted molar refractivity (Wildman–Crippen MR) is 298 cm³/mol. The fourth-order valence-corrected chi connectivity index (χ4v) is 9.97. The Kier molecular flexibility index (Phi) is 48.0. The van der Waals surface area contributed by atoms with Crippen LogP contribution in [0.2, 0.25) is 0 Å². The van der Waals surface area contributed by atoms with Crippen LogP contribution in [-0.4, -0.2) is 110 Å². The Labute approximate surface area is 442 Å². The number of hydrogen-bond acceptors (Lipinski definition) is 10. The monoisotopic (exact) mass is 1020 g/mol. The maximum absolute atomic E-state index is 13.2. The van der Waals surface area contributed by atoms with E-state index in [1.165, 1.54) is 212 Å². The molecule has 0 radical (unpaired) electrons. The lowest BCUT2D eigenvalue weighted by molar-refractivity contribution is -0.303. The van der Waals surface area contributed by atoms with Gasteiger partial charge in [0.15, 0.2) is 6.29 Å². The van der Waals surface area contributed by atoms with Crippen LogP contribution in [-0.2, 0) is 14.3 Å². The van der Waals surface area contributed by atoms with Crippen molar-refractivity contribution >= 4 is 5.91 Å². The van der Waals surface area contributed by atoms with Gasteiger partial charge in [0.25, 0.3) is 0 Å². The minimum atomic E-state index is -1.67. The van der Waals surface area contributed by atoms with Gasteiger partial charge in [-0.25, -0.2) is 0 Å². The summed E-state index contributed by atoms with van der Waals surface area (Å²) in [5, 5.41) is 76.2. The number of aliphatic hydroxyl groups excluding tert-OH is 7. The third-order valence-corrected chi connectivity index (χ3v) is 15.0. The molecule has 8 N–H and O–H groups in total. The number of carbonyl (C=O) groups excluding carboxylic acids is 1. The van der Waals surface area contributed by atoms with Crippen LogP contribution in [0.25, 0.3) is 0 Å². The molecule has 0 aliphatic carbocycles. The summed E-state index contributed by atoms with van der Waals surface area (Å²) in [5.74, 6) is -0.703. The Morgan fingerprint density at radius 1 is 0.472 bits per heavy atom. The lowest BCUT2D eigenvalue weighted by Crippen LogP contribution is -2.60. The summed E-state index contributed by atoms with van der Waals surface area (Å²) in [6, 6.07) is -1.18. The van der Waals surface area contributed by atoms with Crippen LogP contribution in [0.4, 0.5) is 0 Å². The van der Waals surface area contributed by atoms with E-state index in [2.05, 4.69) is 43.5 Å². The largest absolute Gasteiger partial charge is 0.394 e. The van der Waals surface area contributed by atoms with E-state index in [1.807, 2.05) is 0 Å². The molecule has 9 unspecified atom stereocenters. The standard InChI is InChI=1S/C61H117NO10/c1-3-5-7-9-11-13-15-17-19-21-22-23-24-25-26-27-28-29-30-31-33-35-37-39-41-43-45-47-49-54(65)60(70)62-52(51-71-61-59(69)58(68)57(67)55(50-63)72-61)56(66)53(64)48-46-44-42-40-38-36-34-32-20-18-16-14-12-10-8-6-4-2/h25-26,40,42,52-59,61,63-69H,3-24,27-39,41,43-51H2,1-2H3,(H,62,70)/b26-25-,42-40+. The van der Waals surface area contributed by atoms with E-state index < -0.39 is 74.2 Å². The number of amides is 1. The van der Waals surface area contributed by atoms with E-state index in [9.17, 15) is 40.5 Å². The molecular formula is C61H117NO10. The highest BCUT2D eigenvalue weighted by atomic mass is 16.7. The number of rotatable bonds is 53. The van der Waals surface area contributed by atoms with E-state index in [0.29, 0.717) is 12.8 Å². The molecule has 11 nitrogen and oxygen atoms in total. The summed E-state index contributed by atoms with van der Waals surface area (Å²) in [6.45, 7) is 3.47. The first-order valence-electron chi connectivity index (χ1n) is 30.7. The molecule has 0 aromatic carbocycles. The maximum Gasteiger partial charge on any atom is 0.249 e. The van der Waals surface area contributed by atoms with Crippen molar-refractivity contribution in [3.05, 3.63) is 24.3 Å². The molecule has 9 atom stereocenters. The lowest BCUT2D eigenvalue weighted by atomic mass is 9.98. The molecule has 1 aliphatic heterocycles. The predicted octanol–water partition coefficient (Wildman–Crippen LogP) is 13.3. The van der Waals surface area contributed by atoms with E-state index in [1.54, 1.807) is 0 Å². The van der Waals surface area contributed by atoms with Gasteiger partial charge >= 0.3 is 0 Å². The number of carbonyl (C=O) groups is 1. The van der Waals surface area contributed by atoms with Crippen molar-refractivity contribution in [3.63, 3.8) is 0 Å². The second kappa shape index (κ2) is 50.4. The number of ether oxygens (including phenoxy) is 2. The van der Waals surface area contributed by atoms with Crippen molar-refractivity contribution in [3.8, 4) is 0 Å². The van der Waals surface area contributed by atoms with Crippen LogP contribution in [0.5, 0.6) is 0 Å². The van der Waals surface area contributed by atoms with Gasteiger partial charge in [0.1, 0.15) is 36.6 Å². The topological polar surface area (TPSA) is 189 Å². The molecule has 0 spiro atoms. The van der Waals surface area contributed by atoms with Gasteiger partial charge in [0, 0.05) is 0 Å². The third-order valence-electron chi connectivity index (χ3n) is 15.0. The first-order valence-corrected chi connectivity index (χ1v) is 30.7. The molecular weight excluding hydrogens is 907 g/mol. The molecule has 0 bridgehead atoms. The van der Waals surface area contributed by atoms with E-state index >= 15 is 0 Å². The van der Waals surface area contributed by atoms with Gasteiger partial charge in [-0.2, -0.15) is 0 Å². The summed E-state index contributed by atoms with van der Waals surface area (Å²) in [4.78, 5) is 13.2. The smallest absolute Gasteiger partial charge is 0.249 e. The highest BCUT2D eigenvalue weighted by molar-refractivity contribution is 5.80. The van der Waals surface area contributed by atoms with Gasteiger partial charge in [-0.05, 0) is 64.2 Å². The fourth-order valence-electron chi connectivity index (χ4n) is 9.97. The van der Waals surface area contributed by atoms with Gasteiger partial charge in [0.2, 0.25) is 5.91 Å². The number of nitrogens with one attached hydrogen (secondary N) is 1. The second-order valence-electron chi connectivity index (χ2n) is 21.8. The van der Waals surface area contributed by atoms with Crippen LogP contribution in [0.3, 0.4) is 0 Å². The van der Waals surface area contributed by atoms with Gasteiger partial charge in [0.05, 0.1) is 25.4 Å². The number of hydrogen-bond donors (Lipinski definition) is 8. The first-order chi connectivity index (χ1) is 35.2. The van der Waals surface area contributed by atoms with Crippen molar-refractivity contribution in [2.45, 2.75) is 345 Å². The average molecular weight is 1020 g/mol. The molecule has 1 fully saturated rings. The second-order valence-corrected chi connectivity index (χ2v) is 21.8. The maximum atomic E-state index is 13.2. The first kappa shape index (κ1) is 68.6. The molecule has 72 heavy (non-hydrogen) atoms. The normalized spacial score (nSPS) is 20.2. The van der Waals surface area contributed by atoms with Crippen LogP contribution in [0.1, 0.15) is 290 Å². The van der Waals surface area contributed by atoms with Crippen molar-refractivity contribution < 1.29 is 50.0 Å². The molecule has 1 aliphatic rings. The van der Waals surface area contributed by atoms with Crippen molar-refractivity contribution in [2.24, 2.45) is 0 Å². The SMILES string of the molecule is CCCCCCCCCCCCCC/C=C\CCCCCCCCCCCCCCC(O)C(=O)NC(COC1OC(CO)C(O)C(O)C1O)C(O)C(O)CCC/C=C/CCCCCCCCCCCCCC. The van der Waals surface area contributed by atoms with E-state index in [0.717, 1.165) is 38.5 Å². The van der Waals surface area contributed by atoms with E-state index in [4.69, 9.17) is 9.47 Å². The third kappa shape index (κ3) is 38.2. The Morgan fingerprint density at radius 2 is 0.819 bits per heavy atom. The molecule has 426 valence electrons. The molecule has 0 aromatic heterocycles. The summed E-state index contributed by atoms with van der Waals surface area (Å²) in [6.07, 6.45) is 49.6. The minimum Gasteiger partial charge on any atom is -0.394 e. The Hall–Kier alpha value is -1.41. The zero-order valence-electron chi connectivity index (χ0n) is 46.7. The molecule has 1 rings (SSSR count). The van der Waals surface area contributed by atoms with Crippen molar-refractivity contribution in [1.82, 2.24) is 5.32 Å². The molecule has 1 heterocycles. The van der Waals surface area contributed by atoms with Gasteiger partial charge < -0.3 is 50.5 Å². The number of unbranched alkanes of at least 4 members (excludes halogenated alkanes) is 37. The average Bonchev–Trinajstić information content (AvgIpc) is 3.38. The van der Waals surface area contributed by atoms with Crippen LogP contribution in [0, 0.1) is 0 Å². The zero-order chi connectivity index (χ0) is 52.5. The highest BCUT2D eigenvalue weighted by Crippen LogP contribution is 2.23. The Bertz CT molecular complexity index is 1220. The minimum absolute atomic E-state index is 0.256. The van der Waals surface area contributed by atoms with Crippen LogP contribution >= 0.6 is 0 Å². The van der Waals surface area contributed by atoms with E-state index in [-0.39, 0.29) is 12.8 Å². The summed E-state index contributed by atoms with van der Waals surface area (Å²) < 4.78 is 11.1. The Morgan fingerprint density at radius 3 is 1.19 bits per heavy atom. The molecule has 1 saturated heterocycles. The number of aliphatic hydroxyl groups is 7. The molecule has 1 amide bonds. The van der Waals surface area contributed by atoms with Gasteiger partial charge in [-0.1, -0.05) is 250 Å². The summed E-state index contributed by atoms with van der Waals surface area (Å²) in [7, 11) is 0. The Balaban J connectivity index is 2.26. The van der Waals surface area contributed by atoms with Crippen molar-refractivity contribution in [2.75, 3.05) is 13.2 Å². The molecule has 0 aromatic rings. The quantitative estimate of drug-likeness (QED) is 0.0215. The highest BCUT2D eigenvalue weighted by Gasteiger charge is 2.44. The molecule has 0 saturated carbocycles. The van der Waals surface area contributed by atoms with Crippen LogP contribution in [0.15, 0.2) is 24.3 Å². The zero-order valence-corrected chi connectivity index (χ0v) is 46.7.